The van der Waals surface area contributed by atoms with E-state index in [1.807, 2.05) is 13.8 Å². The molecule has 2 heterocycles. The second kappa shape index (κ2) is 5.44. The highest BCUT2D eigenvalue weighted by Gasteiger charge is 2.27. The van der Waals surface area contributed by atoms with Gasteiger partial charge in [0.2, 0.25) is 5.13 Å². The van der Waals surface area contributed by atoms with E-state index in [1.54, 1.807) is 11.3 Å². The molecule has 0 aliphatic carbocycles. The first kappa shape index (κ1) is 12.3. The molecule has 0 bridgehead atoms. The van der Waals surface area contributed by atoms with Gasteiger partial charge in [-0.3, -0.25) is 4.79 Å². The summed E-state index contributed by atoms with van der Waals surface area (Å²) >= 11 is 1.60. The molecule has 1 aliphatic rings. The van der Waals surface area contributed by atoms with Crippen LogP contribution in [-0.4, -0.2) is 35.9 Å². The first-order chi connectivity index (χ1) is 8.20. The quantitative estimate of drug-likeness (QED) is 0.768. The molecule has 0 radical (unpaired) electrons. The van der Waals surface area contributed by atoms with Crippen LogP contribution >= 0.6 is 11.3 Å². The van der Waals surface area contributed by atoms with Gasteiger partial charge in [-0.1, -0.05) is 11.3 Å². The van der Waals surface area contributed by atoms with Gasteiger partial charge < -0.3 is 9.64 Å². The van der Waals surface area contributed by atoms with Crippen LogP contribution in [-0.2, 0) is 9.53 Å². The van der Waals surface area contributed by atoms with E-state index in [4.69, 9.17) is 4.74 Å². The minimum Gasteiger partial charge on any atom is -0.466 e. The van der Waals surface area contributed by atoms with Crippen molar-refractivity contribution in [1.82, 2.24) is 10.2 Å². The van der Waals surface area contributed by atoms with E-state index < -0.39 is 0 Å². The fraction of sp³-hybridized carbons (Fsp3) is 0.727. The van der Waals surface area contributed by atoms with Gasteiger partial charge in [-0.25, -0.2) is 0 Å². The average molecular weight is 255 g/mol. The number of nitrogens with zero attached hydrogens (tertiary/aromatic N) is 3. The van der Waals surface area contributed by atoms with Crippen molar-refractivity contribution in [2.75, 3.05) is 24.6 Å². The van der Waals surface area contributed by atoms with E-state index in [1.165, 1.54) is 0 Å². The molecule has 1 fully saturated rings. The third-order valence-corrected chi connectivity index (χ3v) is 3.80. The van der Waals surface area contributed by atoms with Crippen LogP contribution < -0.4 is 4.90 Å². The minimum atomic E-state index is -0.0550. The summed E-state index contributed by atoms with van der Waals surface area (Å²) in [5.74, 6) is 0.000752. The number of carbonyl (C=O) groups is 1. The summed E-state index contributed by atoms with van der Waals surface area (Å²) in [6.07, 6.45) is 1.69. The number of hydrogen-bond acceptors (Lipinski definition) is 6. The summed E-state index contributed by atoms with van der Waals surface area (Å²) in [7, 11) is 0. The van der Waals surface area contributed by atoms with Crippen molar-refractivity contribution in [3.8, 4) is 0 Å². The lowest BCUT2D eigenvalue weighted by Gasteiger charge is -2.30. The third-order valence-electron chi connectivity index (χ3n) is 2.90. The molecular weight excluding hydrogens is 238 g/mol. The molecule has 1 saturated heterocycles. The number of aryl methyl sites for hydroxylation is 1. The molecule has 1 aromatic heterocycles. The lowest BCUT2D eigenvalue weighted by Crippen LogP contribution is -2.36. The number of anilines is 1. The van der Waals surface area contributed by atoms with Gasteiger partial charge in [0.15, 0.2) is 0 Å². The van der Waals surface area contributed by atoms with Crippen LogP contribution in [0.5, 0.6) is 0 Å². The van der Waals surface area contributed by atoms with Crippen LogP contribution in [0.3, 0.4) is 0 Å². The lowest BCUT2D eigenvalue weighted by atomic mass is 9.97. The Morgan fingerprint density at radius 2 is 2.18 bits per heavy atom. The largest absolute Gasteiger partial charge is 0.466 e. The Morgan fingerprint density at radius 3 is 2.71 bits per heavy atom. The Hall–Kier alpha value is -1.17. The highest BCUT2D eigenvalue weighted by atomic mass is 32.1. The van der Waals surface area contributed by atoms with Gasteiger partial charge in [0.05, 0.1) is 12.5 Å². The van der Waals surface area contributed by atoms with E-state index in [9.17, 15) is 4.79 Å². The van der Waals surface area contributed by atoms with Gasteiger partial charge in [0.25, 0.3) is 0 Å². The van der Waals surface area contributed by atoms with Crippen molar-refractivity contribution in [3.05, 3.63) is 5.01 Å². The number of aromatic nitrogens is 2. The van der Waals surface area contributed by atoms with Crippen molar-refractivity contribution in [3.63, 3.8) is 0 Å². The first-order valence-electron chi connectivity index (χ1n) is 5.92. The summed E-state index contributed by atoms with van der Waals surface area (Å²) in [5, 5.41) is 10.1. The van der Waals surface area contributed by atoms with Crippen molar-refractivity contribution < 1.29 is 9.53 Å². The minimum absolute atomic E-state index is 0.0550. The summed E-state index contributed by atoms with van der Waals surface area (Å²) in [4.78, 5) is 13.8. The molecule has 0 amide bonds. The van der Waals surface area contributed by atoms with Gasteiger partial charge in [-0.05, 0) is 26.7 Å². The van der Waals surface area contributed by atoms with Gasteiger partial charge in [-0.15, -0.1) is 10.2 Å². The number of carbonyl (C=O) groups excluding carboxylic acids is 1. The Bertz CT molecular complexity index is 386. The summed E-state index contributed by atoms with van der Waals surface area (Å²) in [5.41, 5.74) is 0. The highest BCUT2D eigenvalue weighted by Crippen LogP contribution is 2.26. The van der Waals surface area contributed by atoms with Gasteiger partial charge in [0.1, 0.15) is 5.01 Å². The molecular formula is C11H17N3O2S. The van der Waals surface area contributed by atoms with Crippen LogP contribution in [0.2, 0.25) is 0 Å². The fourth-order valence-electron chi connectivity index (χ4n) is 1.98. The van der Waals surface area contributed by atoms with E-state index in [0.29, 0.717) is 6.61 Å². The predicted molar refractivity (Wildman–Crippen MR) is 66.2 cm³/mol. The van der Waals surface area contributed by atoms with Crippen LogP contribution in [0, 0.1) is 12.8 Å². The van der Waals surface area contributed by atoms with Crippen LogP contribution in [0.4, 0.5) is 5.13 Å². The van der Waals surface area contributed by atoms with Gasteiger partial charge in [0, 0.05) is 13.1 Å². The number of rotatable bonds is 3. The average Bonchev–Trinajstić information content (AvgIpc) is 2.76. The predicted octanol–water partition coefficient (Wildman–Crippen LogP) is 1.63. The Morgan fingerprint density at radius 1 is 1.47 bits per heavy atom. The molecule has 2 rings (SSSR count). The maximum absolute atomic E-state index is 11.6. The second-order valence-corrected chi connectivity index (χ2v) is 5.28. The molecule has 1 aromatic rings. The standard InChI is InChI=1S/C11H17N3O2S/c1-3-16-10(15)9-4-6-14(7-5-9)11-13-12-8(2)17-11/h9H,3-7H2,1-2H3. The molecule has 0 spiro atoms. The lowest BCUT2D eigenvalue weighted by molar-refractivity contribution is -0.148. The van der Waals surface area contributed by atoms with Gasteiger partial charge >= 0.3 is 5.97 Å². The van der Waals surface area contributed by atoms with Crippen molar-refractivity contribution in [2.45, 2.75) is 26.7 Å². The van der Waals surface area contributed by atoms with E-state index >= 15 is 0 Å². The fourth-order valence-corrected chi connectivity index (χ4v) is 2.72. The van der Waals surface area contributed by atoms with Crippen LogP contribution in [0.1, 0.15) is 24.8 Å². The smallest absolute Gasteiger partial charge is 0.309 e. The molecule has 0 atom stereocenters. The van der Waals surface area contributed by atoms with Crippen molar-refractivity contribution in [2.24, 2.45) is 5.92 Å². The molecule has 17 heavy (non-hydrogen) atoms. The van der Waals surface area contributed by atoms with Crippen LogP contribution in [0.25, 0.3) is 0 Å². The molecule has 1 aliphatic heterocycles. The number of esters is 1. The van der Waals surface area contributed by atoms with E-state index in [-0.39, 0.29) is 11.9 Å². The normalized spacial score (nSPS) is 17.2. The Balaban J connectivity index is 1.88. The number of ether oxygens (including phenoxy) is 1. The first-order valence-corrected chi connectivity index (χ1v) is 6.74. The molecule has 0 unspecified atom stereocenters. The zero-order valence-electron chi connectivity index (χ0n) is 10.2. The molecule has 6 heteroatoms. The molecule has 94 valence electrons. The van der Waals surface area contributed by atoms with E-state index in [0.717, 1.165) is 36.1 Å². The molecule has 0 aromatic carbocycles. The zero-order chi connectivity index (χ0) is 12.3. The molecule has 0 saturated carbocycles. The Kier molecular flexibility index (Phi) is 3.93. The Labute approximate surface area is 105 Å². The SMILES string of the molecule is CCOC(=O)C1CCN(c2nnc(C)s2)CC1. The number of piperidine rings is 1. The highest BCUT2D eigenvalue weighted by molar-refractivity contribution is 7.15. The topological polar surface area (TPSA) is 55.3 Å². The molecule has 0 N–H and O–H groups in total. The monoisotopic (exact) mass is 255 g/mol. The summed E-state index contributed by atoms with van der Waals surface area (Å²) < 4.78 is 5.04. The summed E-state index contributed by atoms with van der Waals surface area (Å²) in [6.45, 7) is 5.98. The third kappa shape index (κ3) is 2.94. The number of hydrogen-bond donors (Lipinski definition) is 0. The maximum Gasteiger partial charge on any atom is 0.309 e. The van der Waals surface area contributed by atoms with Gasteiger partial charge in [-0.2, -0.15) is 0 Å². The second-order valence-electron chi connectivity index (χ2n) is 4.12. The molecule has 5 nitrogen and oxygen atoms in total. The zero-order valence-corrected chi connectivity index (χ0v) is 11.0. The van der Waals surface area contributed by atoms with Crippen molar-refractivity contribution in [1.29, 1.82) is 0 Å². The maximum atomic E-state index is 11.6. The van der Waals surface area contributed by atoms with E-state index in [2.05, 4.69) is 15.1 Å². The summed E-state index contributed by atoms with van der Waals surface area (Å²) in [6, 6.07) is 0. The van der Waals surface area contributed by atoms with Crippen molar-refractivity contribution >= 4 is 22.4 Å². The van der Waals surface area contributed by atoms with Crippen LogP contribution in [0.15, 0.2) is 0 Å².